The van der Waals surface area contributed by atoms with Crippen molar-refractivity contribution >= 4 is 55.7 Å². The average molecular weight is 387 g/mol. The molecule has 3 aromatic rings. The lowest BCUT2D eigenvalue weighted by Gasteiger charge is -2.25. The van der Waals surface area contributed by atoms with Crippen LogP contribution in [0.15, 0.2) is 29.7 Å². The lowest BCUT2D eigenvalue weighted by molar-refractivity contribution is -0.111. The van der Waals surface area contributed by atoms with Crippen molar-refractivity contribution in [1.82, 2.24) is 9.97 Å². The van der Waals surface area contributed by atoms with Gasteiger partial charge in [-0.3, -0.25) is 4.79 Å². The number of thiazole rings is 2. The first-order valence-corrected chi connectivity index (χ1v) is 10.0. The third kappa shape index (κ3) is 3.92. The summed E-state index contributed by atoms with van der Waals surface area (Å²) in [6, 6.07) is 5.79. The van der Waals surface area contributed by atoms with E-state index in [9.17, 15) is 4.79 Å². The summed E-state index contributed by atoms with van der Waals surface area (Å²) in [4.78, 5) is 23.4. The fourth-order valence-electron chi connectivity index (χ4n) is 2.68. The minimum atomic E-state index is -0.173. The minimum Gasteiger partial charge on any atom is -0.378 e. The zero-order valence-corrected chi connectivity index (χ0v) is 15.9. The van der Waals surface area contributed by atoms with Gasteiger partial charge in [-0.25, -0.2) is 9.97 Å². The van der Waals surface area contributed by atoms with E-state index in [0.29, 0.717) is 0 Å². The second kappa shape index (κ2) is 7.53. The summed E-state index contributed by atoms with van der Waals surface area (Å²) in [6.45, 7) is 5.15. The number of rotatable bonds is 4. The Kier molecular flexibility index (Phi) is 4.96. The van der Waals surface area contributed by atoms with E-state index in [2.05, 4.69) is 15.2 Å². The summed E-state index contributed by atoms with van der Waals surface area (Å²) in [5.74, 6) is -0.173. The molecule has 3 heterocycles. The zero-order chi connectivity index (χ0) is 17.9. The van der Waals surface area contributed by atoms with Gasteiger partial charge >= 0.3 is 0 Å². The molecule has 0 unspecified atom stereocenters. The molecule has 4 rings (SSSR count). The van der Waals surface area contributed by atoms with Crippen LogP contribution in [0.3, 0.4) is 0 Å². The Morgan fingerprint density at radius 2 is 2.15 bits per heavy atom. The van der Waals surface area contributed by atoms with Gasteiger partial charge in [-0.2, -0.15) is 0 Å². The number of hydrogen-bond donors (Lipinski definition) is 1. The van der Waals surface area contributed by atoms with E-state index in [1.807, 2.05) is 30.5 Å². The maximum atomic E-state index is 12.1. The summed E-state index contributed by atoms with van der Waals surface area (Å²) in [5, 5.41) is 6.81. The van der Waals surface area contributed by atoms with Crippen molar-refractivity contribution in [2.75, 3.05) is 36.5 Å². The number of amides is 1. The van der Waals surface area contributed by atoms with Crippen molar-refractivity contribution in [1.29, 1.82) is 0 Å². The average Bonchev–Trinajstić information content (AvgIpc) is 3.26. The summed E-state index contributed by atoms with van der Waals surface area (Å²) in [5.41, 5.74) is 2.51. The number of aromatic nitrogens is 2. The molecule has 1 aliphatic heterocycles. The van der Waals surface area contributed by atoms with Crippen molar-refractivity contribution in [3.63, 3.8) is 0 Å². The fraction of sp³-hybridized carbons (Fsp3) is 0.278. The molecule has 1 aromatic carbocycles. The Bertz CT molecular complexity index is 957. The number of aryl methyl sites for hydroxylation is 1. The highest BCUT2D eigenvalue weighted by molar-refractivity contribution is 7.22. The maximum absolute atomic E-state index is 12.1. The van der Waals surface area contributed by atoms with E-state index in [4.69, 9.17) is 9.72 Å². The van der Waals surface area contributed by atoms with Gasteiger partial charge < -0.3 is 15.0 Å². The van der Waals surface area contributed by atoms with Crippen molar-refractivity contribution in [3.8, 4) is 0 Å². The van der Waals surface area contributed by atoms with Gasteiger partial charge in [-0.15, -0.1) is 11.3 Å². The third-order valence-electron chi connectivity index (χ3n) is 3.97. The Morgan fingerprint density at radius 1 is 1.31 bits per heavy atom. The minimum absolute atomic E-state index is 0.173. The molecule has 134 valence electrons. The number of morpholine rings is 1. The molecular weight excluding hydrogens is 368 g/mol. The highest BCUT2D eigenvalue weighted by Gasteiger charge is 2.15. The Labute approximate surface area is 159 Å². The predicted octanol–water partition coefficient (Wildman–Crippen LogP) is 3.55. The molecule has 26 heavy (non-hydrogen) atoms. The molecule has 0 bridgehead atoms. The van der Waals surface area contributed by atoms with Gasteiger partial charge in [0.1, 0.15) is 0 Å². The molecule has 8 heteroatoms. The highest BCUT2D eigenvalue weighted by Crippen LogP contribution is 2.31. The topological polar surface area (TPSA) is 67.4 Å². The summed E-state index contributed by atoms with van der Waals surface area (Å²) in [7, 11) is 0. The summed E-state index contributed by atoms with van der Waals surface area (Å²) in [6.07, 6.45) is 3.23. The maximum Gasteiger partial charge on any atom is 0.248 e. The van der Waals surface area contributed by atoms with Crippen molar-refractivity contribution in [2.45, 2.75) is 6.92 Å². The van der Waals surface area contributed by atoms with Crippen LogP contribution < -0.4 is 10.2 Å². The van der Waals surface area contributed by atoms with Crippen LogP contribution in [-0.2, 0) is 9.53 Å². The number of benzene rings is 1. The number of anilines is 2. The highest BCUT2D eigenvalue weighted by atomic mass is 32.1. The Morgan fingerprint density at radius 3 is 2.92 bits per heavy atom. The number of nitrogens with one attached hydrogen (secondary N) is 1. The Balaban J connectivity index is 1.46. The molecule has 0 spiro atoms. The number of fused-ring (bicyclic) bond motifs is 1. The largest absolute Gasteiger partial charge is 0.378 e. The normalized spacial score (nSPS) is 15.0. The number of carbonyl (C=O) groups excluding carboxylic acids is 1. The third-order valence-corrected chi connectivity index (χ3v) is 5.84. The van der Waals surface area contributed by atoms with Gasteiger partial charge in [0, 0.05) is 30.2 Å². The monoisotopic (exact) mass is 386 g/mol. The molecule has 1 saturated heterocycles. The molecule has 1 N–H and O–H groups in total. The molecule has 0 saturated carbocycles. The van der Waals surface area contributed by atoms with E-state index in [-0.39, 0.29) is 5.91 Å². The lowest BCUT2D eigenvalue weighted by atomic mass is 10.3. The van der Waals surface area contributed by atoms with Crippen molar-refractivity contribution in [3.05, 3.63) is 40.4 Å². The first kappa shape index (κ1) is 17.1. The van der Waals surface area contributed by atoms with E-state index in [0.717, 1.165) is 58.0 Å². The fourth-order valence-corrected chi connectivity index (χ4v) is 4.32. The molecule has 1 amide bonds. The van der Waals surface area contributed by atoms with Gasteiger partial charge in [0.25, 0.3) is 0 Å². The van der Waals surface area contributed by atoms with Crippen LogP contribution in [0.4, 0.5) is 10.8 Å². The molecule has 0 atom stereocenters. The van der Waals surface area contributed by atoms with Gasteiger partial charge in [0.15, 0.2) is 5.13 Å². The van der Waals surface area contributed by atoms with E-state index in [1.165, 1.54) is 6.08 Å². The predicted molar refractivity (Wildman–Crippen MR) is 107 cm³/mol. The first-order chi connectivity index (χ1) is 12.7. The number of ether oxygens (including phenoxy) is 1. The van der Waals surface area contributed by atoms with Crippen LogP contribution in [0.1, 0.15) is 10.7 Å². The number of carbonyl (C=O) groups is 1. The summed E-state index contributed by atoms with van der Waals surface area (Å²) >= 11 is 3.20. The Hall–Kier alpha value is -2.29. The smallest absolute Gasteiger partial charge is 0.248 e. The van der Waals surface area contributed by atoms with E-state index < -0.39 is 0 Å². The van der Waals surface area contributed by atoms with Crippen LogP contribution in [0.25, 0.3) is 16.3 Å². The van der Waals surface area contributed by atoms with Crippen LogP contribution in [0, 0.1) is 6.92 Å². The molecular formula is C18H18N4O2S2. The van der Waals surface area contributed by atoms with Gasteiger partial charge in [0.05, 0.1) is 34.1 Å². The van der Waals surface area contributed by atoms with Gasteiger partial charge in [-0.05, 0) is 31.2 Å². The molecule has 0 aliphatic carbocycles. The first-order valence-electron chi connectivity index (χ1n) is 8.32. The van der Waals surface area contributed by atoms with Crippen LogP contribution in [0.5, 0.6) is 0 Å². The molecule has 2 aromatic heterocycles. The molecule has 1 fully saturated rings. The second-order valence-corrected chi connectivity index (χ2v) is 7.96. The molecule has 1 aliphatic rings. The number of hydrogen-bond acceptors (Lipinski definition) is 7. The van der Waals surface area contributed by atoms with E-state index >= 15 is 0 Å². The second-order valence-electron chi connectivity index (χ2n) is 5.89. The van der Waals surface area contributed by atoms with Crippen LogP contribution in [0.2, 0.25) is 0 Å². The van der Waals surface area contributed by atoms with Crippen LogP contribution in [-0.4, -0.2) is 42.2 Å². The van der Waals surface area contributed by atoms with Crippen molar-refractivity contribution in [2.24, 2.45) is 0 Å². The van der Waals surface area contributed by atoms with Gasteiger partial charge in [-0.1, -0.05) is 11.3 Å². The quantitative estimate of drug-likeness (QED) is 0.695. The molecule has 6 nitrogen and oxygen atoms in total. The van der Waals surface area contributed by atoms with Gasteiger partial charge in [0.2, 0.25) is 5.91 Å². The van der Waals surface area contributed by atoms with Crippen LogP contribution >= 0.6 is 22.7 Å². The number of nitrogens with zero attached hydrogens (tertiary/aromatic N) is 3. The lowest BCUT2D eigenvalue weighted by Crippen LogP contribution is -2.36. The van der Waals surface area contributed by atoms with Crippen molar-refractivity contribution < 1.29 is 9.53 Å². The van der Waals surface area contributed by atoms with E-state index in [1.54, 1.807) is 28.7 Å². The SMILES string of the molecule is Cc1nc(/C=C/C(=O)Nc2ccc3nc(N4CCOCC4)sc3c2)cs1. The summed E-state index contributed by atoms with van der Waals surface area (Å²) < 4.78 is 6.45. The molecule has 0 radical (unpaired) electrons. The zero-order valence-electron chi connectivity index (χ0n) is 14.3. The standard InChI is InChI=1S/C18H18N4O2S2/c1-12-19-14(11-25-12)3-5-17(23)20-13-2-4-15-16(10-13)26-18(21-15)22-6-8-24-9-7-22/h2-5,10-11H,6-9H2,1H3,(H,20,23)/b5-3+.